The van der Waals surface area contributed by atoms with Gasteiger partial charge in [0.2, 0.25) is 11.7 Å². The van der Waals surface area contributed by atoms with Crippen molar-refractivity contribution in [1.29, 1.82) is 0 Å². The summed E-state index contributed by atoms with van der Waals surface area (Å²) >= 11 is 0. The number of hydrogen-bond donors (Lipinski definition) is 0. The molecule has 0 aliphatic carbocycles. The van der Waals surface area contributed by atoms with Crippen LogP contribution in [-0.4, -0.2) is 59.8 Å². The molecule has 2 aromatic heterocycles. The van der Waals surface area contributed by atoms with Gasteiger partial charge in [0, 0.05) is 50.5 Å². The minimum atomic E-state index is -1.06. The molecule has 1 aromatic carbocycles. The summed E-state index contributed by atoms with van der Waals surface area (Å²) in [5.74, 6) is -0.371. The molecule has 0 saturated carbocycles. The highest BCUT2D eigenvalue weighted by Crippen LogP contribution is 2.31. The summed E-state index contributed by atoms with van der Waals surface area (Å²) in [4.78, 5) is 23.6. The standard InChI is InChI=1S/C26H30N4O4/c1-19-16-30(18-28-19)23-8-7-20(15-24(23)32-2)14-21-6-5-13-29(25(21)31)17-26(33-3,34-4)22-9-11-27-12-10-22/h7-12,14-16,18H,5-6,13,17H2,1-4H3/b21-14+. The summed E-state index contributed by atoms with van der Waals surface area (Å²) in [5, 5.41) is 0. The van der Waals surface area contributed by atoms with Crippen LogP contribution in [0.5, 0.6) is 5.75 Å². The van der Waals surface area contributed by atoms with E-state index in [9.17, 15) is 4.79 Å². The molecular weight excluding hydrogens is 432 g/mol. The fraction of sp³-hybridized carbons (Fsp3) is 0.346. The molecule has 4 rings (SSSR count). The number of pyridine rings is 1. The second-order valence-corrected chi connectivity index (χ2v) is 8.25. The number of nitrogens with zero attached hydrogens (tertiary/aromatic N) is 4. The highest BCUT2D eigenvalue weighted by molar-refractivity contribution is 5.98. The topological polar surface area (TPSA) is 78.7 Å². The number of carbonyl (C=O) groups excluding carboxylic acids is 1. The number of aryl methyl sites for hydroxylation is 1. The first-order valence-electron chi connectivity index (χ1n) is 11.2. The first-order valence-corrected chi connectivity index (χ1v) is 11.2. The summed E-state index contributed by atoms with van der Waals surface area (Å²) in [5.41, 5.74) is 4.28. The number of likely N-dealkylation sites (tertiary alicyclic amines) is 1. The number of rotatable bonds is 8. The van der Waals surface area contributed by atoms with Gasteiger partial charge in [-0.15, -0.1) is 0 Å². The molecule has 1 aliphatic heterocycles. The Labute approximate surface area is 199 Å². The quantitative estimate of drug-likeness (QED) is 0.375. The Hall–Kier alpha value is -3.49. The van der Waals surface area contributed by atoms with Crippen LogP contribution in [0.4, 0.5) is 0 Å². The molecule has 1 aliphatic rings. The van der Waals surface area contributed by atoms with Crippen molar-refractivity contribution in [2.75, 3.05) is 34.4 Å². The smallest absolute Gasteiger partial charge is 0.249 e. The Bertz CT molecular complexity index is 1170. The zero-order chi connectivity index (χ0) is 24.1. The maximum Gasteiger partial charge on any atom is 0.249 e. The minimum Gasteiger partial charge on any atom is -0.495 e. The summed E-state index contributed by atoms with van der Waals surface area (Å²) in [7, 11) is 4.82. The van der Waals surface area contributed by atoms with Gasteiger partial charge in [-0.25, -0.2) is 4.98 Å². The second kappa shape index (κ2) is 10.2. The van der Waals surface area contributed by atoms with Crippen molar-refractivity contribution in [3.05, 3.63) is 77.6 Å². The SMILES string of the molecule is COc1cc(/C=C2\CCCN(CC(OC)(OC)c3ccncc3)C2=O)ccc1-n1cnc(C)c1. The lowest BCUT2D eigenvalue weighted by molar-refractivity contribution is -0.226. The predicted octanol–water partition coefficient (Wildman–Crippen LogP) is 3.74. The summed E-state index contributed by atoms with van der Waals surface area (Å²) in [6.07, 6.45) is 10.6. The molecule has 3 heterocycles. The van der Waals surface area contributed by atoms with Crippen LogP contribution >= 0.6 is 0 Å². The van der Waals surface area contributed by atoms with Crippen molar-refractivity contribution in [3.63, 3.8) is 0 Å². The zero-order valence-electron chi connectivity index (χ0n) is 20.0. The third-order valence-corrected chi connectivity index (χ3v) is 6.15. The van der Waals surface area contributed by atoms with Crippen molar-refractivity contribution in [2.24, 2.45) is 0 Å². The first-order chi connectivity index (χ1) is 16.5. The number of aromatic nitrogens is 3. The van der Waals surface area contributed by atoms with Crippen molar-refractivity contribution >= 4 is 12.0 Å². The van der Waals surface area contributed by atoms with Crippen LogP contribution in [0.25, 0.3) is 11.8 Å². The van der Waals surface area contributed by atoms with E-state index in [2.05, 4.69) is 9.97 Å². The van der Waals surface area contributed by atoms with Gasteiger partial charge in [0.1, 0.15) is 5.75 Å². The number of hydrogen-bond acceptors (Lipinski definition) is 6. The molecule has 8 heteroatoms. The van der Waals surface area contributed by atoms with Crippen LogP contribution in [0.15, 0.2) is 60.8 Å². The maximum absolute atomic E-state index is 13.4. The van der Waals surface area contributed by atoms with Crippen LogP contribution in [0.2, 0.25) is 0 Å². The molecule has 1 fully saturated rings. The van der Waals surface area contributed by atoms with Gasteiger partial charge in [0.25, 0.3) is 0 Å². The average molecular weight is 463 g/mol. The van der Waals surface area contributed by atoms with Crippen LogP contribution in [0.1, 0.15) is 29.7 Å². The van der Waals surface area contributed by atoms with E-state index in [1.54, 1.807) is 45.0 Å². The molecule has 1 amide bonds. The maximum atomic E-state index is 13.4. The number of imidazole rings is 1. The molecule has 178 valence electrons. The molecule has 3 aromatic rings. The molecule has 0 N–H and O–H groups in total. The summed E-state index contributed by atoms with van der Waals surface area (Å²) in [6, 6.07) is 9.58. The van der Waals surface area contributed by atoms with E-state index in [0.717, 1.165) is 34.5 Å². The molecule has 34 heavy (non-hydrogen) atoms. The Morgan fingerprint density at radius 2 is 1.88 bits per heavy atom. The monoisotopic (exact) mass is 462 g/mol. The fourth-order valence-corrected chi connectivity index (χ4v) is 4.30. The van der Waals surface area contributed by atoms with Gasteiger partial charge in [-0.2, -0.15) is 0 Å². The third kappa shape index (κ3) is 4.73. The lowest BCUT2D eigenvalue weighted by Gasteiger charge is -2.38. The van der Waals surface area contributed by atoms with Gasteiger partial charge in [-0.05, 0) is 55.7 Å². The number of amides is 1. The van der Waals surface area contributed by atoms with Crippen LogP contribution in [0, 0.1) is 6.92 Å². The second-order valence-electron chi connectivity index (χ2n) is 8.25. The van der Waals surface area contributed by atoms with E-state index in [4.69, 9.17) is 14.2 Å². The van der Waals surface area contributed by atoms with Gasteiger partial charge in [0.05, 0.1) is 31.4 Å². The fourth-order valence-electron chi connectivity index (χ4n) is 4.30. The molecule has 0 radical (unpaired) electrons. The normalized spacial score (nSPS) is 15.7. The van der Waals surface area contributed by atoms with E-state index >= 15 is 0 Å². The van der Waals surface area contributed by atoms with Gasteiger partial charge in [-0.1, -0.05) is 6.07 Å². The average Bonchev–Trinajstić information content (AvgIpc) is 3.31. The van der Waals surface area contributed by atoms with Crippen LogP contribution in [0.3, 0.4) is 0 Å². The molecule has 0 bridgehead atoms. The summed E-state index contributed by atoms with van der Waals surface area (Å²) in [6.45, 7) is 2.86. The lowest BCUT2D eigenvalue weighted by atomic mass is 9.98. The lowest BCUT2D eigenvalue weighted by Crippen LogP contribution is -2.48. The number of benzene rings is 1. The summed E-state index contributed by atoms with van der Waals surface area (Å²) < 4.78 is 19.1. The third-order valence-electron chi connectivity index (χ3n) is 6.15. The first kappa shape index (κ1) is 23.7. The highest BCUT2D eigenvalue weighted by Gasteiger charge is 2.37. The molecular formula is C26H30N4O4. The molecule has 8 nitrogen and oxygen atoms in total. The van der Waals surface area contributed by atoms with E-state index in [0.29, 0.717) is 18.7 Å². The van der Waals surface area contributed by atoms with E-state index in [-0.39, 0.29) is 12.5 Å². The van der Waals surface area contributed by atoms with E-state index in [1.807, 2.05) is 54.1 Å². The molecule has 0 atom stereocenters. The number of piperidine rings is 1. The van der Waals surface area contributed by atoms with Crippen molar-refractivity contribution in [1.82, 2.24) is 19.4 Å². The Kier molecular flexibility index (Phi) is 7.09. The Morgan fingerprint density at radius 3 is 2.53 bits per heavy atom. The number of carbonyl (C=O) groups is 1. The van der Waals surface area contributed by atoms with E-state index in [1.165, 1.54) is 0 Å². The predicted molar refractivity (Wildman–Crippen MR) is 129 cm³/mol. The van der Waals surface area contributed by atoms with Gasteiger partial charge in [-0.3, -0.25) is 9.78 Å². The molecule has 0 spiro atoms. The van der Waals surface area contributed by atoms with Crippen LogP contribution < -0.4 is 4.74 Å². The molecule has 1 saturated heterocycles. The number of methoxy groups -OCH3 is 3. The minimum absolute atomic E-state index is 0.0212. The van der Waals surface area contributed by atoms with E-state index < -0.39 is 5.79 Å². The Morgan fingerprint density at radius 1 is 1.12 bits per heavy atom. The van der Waals surface area contributed by atoms with Gasteiger partial charge < -0.3 is 23.7 Å². The van der Waals surface area contributed by atoms with Gasteiger partial charge in [0.15, 0.2) is 0 Å². The highest BCUT2D eigenvalue weighted by atomic mass is 16.7. The van der Waals surface area contributed by atoms with Crippen LogP contribution in [-0.2, 0) is 20.1 Å². The van der Waals surface area contributed by atoms with Crippen molar-refractivity contribution in [2.45, 2.75) is 25.6 Å². The Balaban J connectivity index is 1.59. The number of ether oxygens (including phenoxy) is 3. The van der Waals surface area contributed by atoms with Crippen molar-refractivity contribution in [3.8, 4) is 11.4 Å². The van der Waals surface area contributed by atoms with Gasteiger partial charge >= 0.3 is 0 Å². The zero-order valence-corrected chi connectivity index (χ0v) is 20.0. The van der Waals surface area contributed by atoms with Crippen molar-refractivity contribution < 1.29 is 19.0 Å². The largest absolute Gasteiger partial charge is 0.495 e. The molecule has 0 unspecified atom stereocenters.